The maximum atomic E-state index is 10.2. The summed E-state index contributed by atoms with van der Waals surface area (Å²) in [4.78, 5) is 17.6. The van der Waals surface area contributed by atoms with Gasteiger partial charge >= 0.3 is 0 Å². The van der Waals surface area contributed by atoms with E-state index >= 15 is 0 Å². The lowest BCUT2D eigenvalue weighted by atomic mass is 9.73. The second-order valence-corrected chi connectivity index (χ2v) is 12.8. The Balaban J connectivity index is 1.07. The molecule has 4 N–H and O–H groups in total. The van der Waals surface area contributed by atoms with Crippen molar-refractivity contribution in [3.05, 3.63) is 76.5 Å². The SMILES string of the molecule is N[C@@H]1c2ccccc2CC12CCN(c1ncc(Sc3ccn4cc(C5CCNCC5)nc4c3Cl)nc1CO)CC2. The molecule has 2 fully saturated rings. The maximum Gasteiger partial charge on any atom is 0.157 e. The van der Waals surface area contributed by atoms with E-state index in [2.05, 4.69) is 40.7 Å². The number of benzene rings is 1. The Labute approximate surface area is 243 Å². The van der Waals surface area contributed by atoms with E-state index in [0.717, 1.165) is 80.3 Å². The lowest BCUT2D eigenvalue weighted by molar-refractivity contribution is 0.186. The Hall–Kier alpha value is -2.69. The van der Waals surface area contributed by atoms with Crippen molar-refractivity contribution in [1.82, 2.24) is 24.7 Å². The van der Waals surface area contributed by atoms with Crippen LogP contribution in [0.1, 0.15) is 60.2 Å². The predicted octanol–water partition coefficient (Wildman–Crippen LogP) is 4.73. The van der Waals surface area contributed by atoms with Crippen LogP contribution in [0.3, 0.4) is 0 Å². The summed E-state index contributed by atoms with van der Waals surface area (Å²) in [5, 5.41) is 14.9. The van der Waals surface area contributed by atoms with Gasteiger partial charge in [0.05, 0.1) is 23.5 Å². The number of nitrogens with one attached hydrogen (secondary N) is 1. The molecule has 0 unspecified atom stereocenters. The molecule has 4 aromatic rings. The molecule has 208 valence electrons. The minimum Gasteiger partial charge on any atom is -0.390 e. The zero-order valence-corrected chi connectivity index (χ0v) is 24.0. The number of halogens is 1. The quantitative estimate of drug-likeness (QED) is 0.314. The molecule has 0 radical (unpaired) electrons. The third-order valence-electron chi connectivity index (χ3n) is 9.12. The summed E-state index contributed by atoms with van der Waals surface area (Å²) in [6, 6.07) is 10.6. The number of rotatable bonds is 5. The molecule has 1 atom stereocenters. The van der Waals surface area contributed by atoms with E-state index in [1.807, 2.05) is 16.7 Å². The lowest BCUT2D eigenvalue weighted by Gasteiger charge is -2.42. The topological polar surface area (TPSA) is 105 Å². The number of fused-ring (bicyclic) bond motifs is 2. The fourth-order valence-electron chi connectivity index (χ4n) is 6.82. The van der Waals surface area contributed by atoms with Gasteiger partial charge in [-0.25, -0.2) is 15.0 Å². The molecule has 10 heteroatoms. The van der Waals surface area contributed by atoms with Crippen LogP contribution >= 0.6 is 23.4 Å². The van der Waals surface area contributed by atoms with Crippen LogP contribution < -0.4 is 16.0 Å². The van der Waals surface area contributed by atoms with E-state index in [1.165, 1.54) is 22.9 Å². The van der Waals surface area contributed by atoms with E-state index in [9.17, 15) is 5.11 Å². The van der Waals surface area contributed by atoms with Crippen molar-refractivity contribution in [3.8, 4) is 0 Å². The Morgan fingerprint density at radius 3 is 2.70 bits per heavy atom. The number of pyridine rings is 1. The average Bonchev–Trinajstić information content (AvgIpc) is 3.55. The van der Waals surface area contributed by atoms with Crippen molar-refractivity contribution in [3.63, 3.8) is 0 Å². The number of aliphatic hydroxyl groups excluding tert-OH is 1. The Morgan fingerprint density at radius 1 is 1.12 bits per heavy atom. The normalized spacial score (nSPS) is 20.9. The number of hydrogen-bond donors (Lipinski definition) is 3. The van der Waals surface area contributed by atoms with Gasteiger partial charge in [-0.1, -0.05) is 47.6 Å². The van der Waals surface area contributed by atoms with Gasteiger partial charge in [0.2, 0.25) is 0 Å². The molecule has 1 aromatic carbocycles. The number of nitrogens with two attached hydrogens (primary N) is 1. The van der Waals surface area contributed by atoms with Gasteiger partial charge in [0, 0.05) is 42.3 Å². The first-order valence-electron chi connectivity index (χ1n) is 14.2. The van der Waals surface area contributed by atoms with Crippen LogP contribution in [-0.2, 0) is 13.0 Å². The highest BCUT2D eigenvalue weighted by atomic mass is 35.5. The Morgan fingerprint density at radius 2 is 1.93 bits per heavy atom. The number of hydrogen-bond acceptors (Lipinski definition) is 8. The average molecular weight is 576 g/mol. The van der Waals surface area contributed by atoms with Crippen LogP contribution in [0.15, 0.2) is 58.8 Å². The molecule has 2 saturated heterocycles. The second kappa shape index (κ2) is 10.6. The van der Waals surface area contributed by atoms with Crippen molar-refractivity contribution in [2.24, 2.45) is 11.1 Å². The number of imidazole rings is 1. The van der Waals surface area contributed by atoms with Crippen molar-refractivity contribution < 1.29 is 5.11 Å². The van der Waals surface area contributed by atoms with Crippen molar-refractivity contribution in [1.29, 1.82) is 0 Å². The fraction of sp³-hybridized carbons (Fsp3) is 0.433. The maximum absolute atomic E-state index is 10.2. The van der Waals surface area contributed by atoms with E-state index in [0.29, 0.717) is 21.7 Å². The standard InChI is InChI=1S/C30H34ClN7OS/c31-26-24(7-12-38-17-22(36-29(26)38)19-5-10-33-11-6-19)40-25-16-34-28(23(18-39)35-25)37-13-8-30(9-14-37)15-20-3-1-2-4-21(20)27(30)32/h1-4,7,12,16-17,19,27,33,39H,5-6,8-11,13-15,18,32H2/t27-/m1/s1. The summed E-state index contributed by atoms with van der Waals surface area (Å²) >= 11 is 8.29. The van der Waals surface area contributed by atoms with Gasteiger partial charge in [-0.15, -0.1) is 0 Å². The smallest absolute Gasteiger partial charge is 0.157 e. The molecule has 0 amide bonds. The van der Waals surface area contributed by atoms with Crippen LogP contribution in [-0.4, -0.2) is 50.6 Å². The molecule has 7 rings (SSSR count). The third kappa shape index (κ3) is 4.58. The summed E-state index contributed by atoms with van der Waals surface area (Å²) in [7, 11) is 0. The first-order valence-corrected chi connectivity index (χ1v) is 15.3. The molecular formula is C30H34ClN7OS. The molecule has 8 nitrogen and oxygen atoms in total. The molecule has 3 aliphatic rings. The van der Waals surface area contributed by atoms with Crippen LogP contribution in [0.4, 0.5) is 5.82 Å². The highest BCUT2D eigenvalue weighted by Crippen LogP contribution is 2.51. The first kappa shape index (κ1) is 26.2. The summed E-state index contributed by atoms with van der Waals surface area (Å²) in [5.41, 5.74) is 12.0. The Kier molecular flexibility index (Phi) is 6.96. The van der Waals surface area contributed by atoms with Gasteiger partial charge in [-0.2, -0.15) is 0 Å². The van der Waals surface area contributed by atoms with Crippen LogP contribution in [0, 0.1) is 5.41 Å². The largest absolute Gasteiger partial charge is 0.390 e. The van der Waals surface area contributed by atoms with Crippen molar-refractivity contribution in [2.45, 2.75) is 60.6 Å². The summed E-state index contributed by atoms with van der Waals surface area (Å²) in [5.74, 6) is 1.22. The molecule has 5 heterocycles. The Bertz CT molecular complexity index is 1540. The molecule has 40 heavy (non-hydrogen) atoms. The number of nitrogens with zero attached hydrogens (tertiary/aromatic N) is 5. The summed E-state index contributed by atoms with van der Waals surface area (Å²) < 4.78 is 2.01. The van der Waals surface area contributed by atoms with E-state index in [4.69, 9.17) is 32.3 Å². The highest BCUT2D eigenvalue weighted by molar-refractivity contribution is 7.99. The summed E-state index contributed by atoms with van der Waals surface area (Å²) in [6.07, 6.45) is 11.1. The monoisotopic (exact) mass is 575 g/mol. The van der Waals surface area contributed by atoms with Crippen LogP contribution in [0.2, 0.25) is 5.02 Å². The van der Waals surface area contributed by atoms with Crippen LogP contribution in [0.5, 0.6) is 0 Å². The van der Waals surface area contributed by atoms with Crippen molar-refractivity contribution in [2.75, 3.05) is 31.1 Å². The van der Waals surface area contributed by atoms with Gasteiger partial charge in [0.15, 0.2) is 11.5 Å². The predicted molar refractivity (Wildman–Crippen MR) is 158 cm³/mol. The second-order valence-electron chi connectivity index (χ2n) is 11.4. The first-order chi connectivity index (χ1) is 19.5. The fourth-order valence-corrected chi connectivity index (χ4v) is 7.93. The molecule has 0 bridgehead atoms. The van der Waals surface area contributed by atoms with Gasteiger partial charge in [-0.05, 0) is 67.8 Å². The molecule has 1 spiro atoms. The van der Waals surface area contributed by atoms with Gasteiger partial charge in [0.25, 0.3) is 0 Å². The van der Waals surface area contributed by atoms with Gasteiger partial charge < -0.3 is 25.5 Å². The number of aromatic nitrogens is 4. The van der Waals surface area contributed by atoms with E-state index in [1.54, 1.807) is 6.20 Å². The van der Waals surface area contributed by atoms with Gasteiger partial charge in [0.1, 0.15) is 10.7 Å². The third-order valence-corrected chi connectivity index (χ3v) is 10.6. The zero-order chi connectivity index (χ0) is 27.3. The number of anilines is 1. The lowest BCUT2D eigenvalue weighted by Crippen LogP contribution is -2.45. The zero-order valence-electron chi connectivity index (χ0n) is 22.4. The molecule has 2 aliphatic heterocycles. The molecule has 0 saturated carbocycles. The van der Waals surface area contributed by atoms with E-state index in [-0.39, 0.29) is 18.1 Å². The highest BCUT2D eigenvalue weighted by Gasteiger charge is 2.46. The molecule has 3 aromatic heterocycles. The molecule has 1 aliphatic carbocycles. The minimum atomic E-state index is -0.171. The summed E-state index contributed by atoms with van der Waals surface area (Å²) in [6.45, 7) is 3.57. The minimum absolute atomic E-state index is 0.0703. The van der Waals surface area contributed by atoms with E-state index < -0.39 is 0 Å². The molecular weight excluding hydrogens is 542 g/mol. The van der Waals surface area contributed by atoms with Crippen LogP contribution in [0.25, 0.3) is 5.65 Å². The van der Waals surface area contributed by atoms with Crippen molar-refractivity contribution >= 4 is 34.8 Å². The number of piperidine rings is 2. The van der Waals surface area contributed by atoms with Gasteiger partial charge in [-0.3, -0.25) is 0 Å². The number of aliphatic hydroxyl groups is 1.